The van der Waals surface area contributed by atoms with Crippen molar-refractivity contribution in [3.63, 3.8) is 0 Å². The highest BCUT2D eigenvalue weighted by atomic mass is 35.5. The Morgan fingerprint density at radius 2 is 1.91 bits per heavy atom. The molecule has 0 saturated carbocycles. The summed E-state index contributed by atoms with van der Waals surface area (Å²) in [5, 5.41) is 0.663. The summed E-state index contributed by atoms with van der Waals surface area (Å²) in [5.41, 5.74) is 1.09. The molecule has 0 N–H and O–H groups in total. The molecule has 0 amide bonds. The average Bonchev–Trinajstić information content (AvgIpc) is 2.06. The lowest BCUT2D eigenvalue weighted by molar-refractivity contribution is 1.66. The van der Waals surface area contributed by atoms with Gasteiger partial charge in [-0.3, -0.25) is 0 Å². The van der Waals surface area contributed by atoms with Gasteiger partial charge in [-0.2, -0.15) is 0 Å². The topological polar surface area (TPSA) is 0 Å². The average molecular weight is 165 g/mol. The zero-order chi connectivity index (χ0) is 8.10. The first-order chi connectivity index (χ1) is 5.33. The lowest BCUT2D eigenvalue weighted by atomic mass is 10.2. The Balaban J connectivity index is 2.87. The molecule has 1 rings (SSSR count). The molecule has 0 aromatic heterocycles. The molecule has 1 aromatic carbocycles. The molecule has 11 heavy (non-hydrogen) atoms. The van der Waals surface area contributed by atoms with E-state index in [-0.39, 0.29) is 0 Å². The predicted molar refractivity (Wildman–Crippen MR) is 50.5 cm³/mol. The fourth-order valence-corrected chi connectivity index (χ4v) is 0.893. The quantitative estimate of drug-likeness (QED) is 0.588. The van der Waals surface area contributed by atoms with Crippen LogP contribution in [0.1, 0.15) is 5.56 Å². The minimum Gasteiger partial charge on any atom is -0.0976 e. The fraction of sp³-hybridized carbons (Fsp3) is 0. The van der Waals surface area contributed by atoms with Crippen molar-refractivity contribution in [2.75, 3.05) is 0 Å². The third-order valence-electron chi connectivity index (χ3n) is 1.30. The SMILES string of the molecule is C=C/C(Cl)=C/c1ccccc1. The third-order valence-corrected chi connectivity index (χ3v) is 1.56. The molecule has 0 nitrogen and oxygen atoms in total. The fourth-order valence-electron chi connectivity index (χ4n) is 0.767. The van der Waals surface area contributed by atoms with E-state index in [4.69, 9.17) is 11.6 Å². The van der Waals surface area contributed by atoms with Crippen LogP contribution in [0.15, 0.2) is 48.0 Å². The molecule has 0 aliphatic carbocycles. The summed E-state index contributed by atoms with van der Waals surface area (Å²) in [5.74, 6) is 0. The van der Waals surface area contributed by atoms with Crippen molar-refractivity contribution < 1.29 is 0 Å². The van der Waals surface area contributed by atoms with E-state index < -0.39 is 0 Å². The van der Waals surface area contributed by atoms with Crippen LogP contribution in [0.3, 0.4) is 0 Å². The summed E-state index contributed by atoms with van der Waals surface area (Å²) in [4.78, 5) is 0. The number of rotatable bonds is 2. The van der Waals surface area contributed by atoms with Gasteiger partial charge < -0.3 is 0 Å². The van der Waals surface area contributed by atoms with E-state index in [9.17, 15) is 0 Å². The Morgan fingerprint density at radius 3 is 2.45 bits per heavy atom. The van der Waals surface area contributed by atoms with Gasteiger partial charge in [-0.05, 0) is 11.6 Å². The molecule has 0 radical (unpaired) electrons. The molecule has 0 saturated heterocycles. The van der Waals surface area contributed by atoms with Crippen molar-refractivity contribution >= 4 is 17.7 Å². The summed E-state index contributed by atoms with van der Waals surface area (Å²) < 4.78 is 0. The molecule has 0 aliphatic rings. The highest BCUT2D eigenvalue weighted by molar-refractivity contribution is 6.33. The van der Waals surface area contributed by atoms with Crippen molar-refractivity contribution in [3.8, 4) is 0 Å². The molecule has 0 atom stereocenters. The van der Waals surface area contributed by atoms with Gasteiger partial charge in [0.25, 0.3) is 0 Å². The lowest BCUT2D eigenvalue weighted by Gasteiger charge is -1.91. The molecule has 0 unspecified atom stereocenters. The lowest BCUT2D eigenvalue weighted by Crippen LogP contribution is -1.69. The minimum atomic E-state index is 0.663. The number of halogens is 1. The van der Waals surface area contributed by atoms with Gasteiger partial charge in [0.1, 0.15) is 0 Å². The van der Waals surface area contributed by atoms with Gasteiger partial charge in [0.05, 0.1) is 0 Å². The second kappa shape index (κ2) is 3.99. The van der Waals surface area contributed by atoms with Gasteiger partial charge in [0.15, 0.2) is 0 Å². The van der Waals surface area contributed by atoms with Crippen molar-refractivity contribution in [2.24, 2.45) is 0 Å². The Labute approximate surface area is 71.8 Å². The summed E-state index contributed by atoms with van der Waals surface area (Å²) in [6.07, 6.45) is 3.49. The van der Waals surface area contributed by atoms with E-state index in [1.54, 1.807) is 6.08 Å². The molecule has 0 aliphatic heterocycles. The maximum atomic E-state index is 5.74. The van der Waals surface area contributed by atoms with Gasteiger partial charge in [-0.25, -0.2) is 0 Å². The third kappa shape index (κ3) is 2.60. The van der Waals surface area contributed by atoms with Crippen molar-refractivity contribution in [3.05, 3.63) is 53.6 Å². The van der Waals surface area contributed by atoms with Crippen LogP contribution in [0, 0.1) is 0 Å². The van der Waals surface area contributed by atoms with Gasteiger partial charge in [-0.15, -0.1) is 0 Å². The largest absolute Gasteiger partial charge is 0.0976 e. The van der Waals surface area contributed by atoms with Crippen LogP contribution in [0.4, 0.5) is 0 Å². The second-order valence-corrected chi connectivity index (χ2v) is 2.58. The maximum absolute atomic E-state index is 5.74. The second-order valence-electron chi connectivity index (χ2n) is 2.14. The van der Waals surface area contributed by atoms with Crippen molar-refractivity contribution in [2.45, 2.75) is 0 Å². The molecule has 1 heteroatoms. The predicted octanol–water partition coefficient (Wildman–Crippen LogP) is 3.45. The Kier molecular flexibility index (Phi) is 2.94. The van der Waals surface area contributed by atoms with Crippen LogP contribution in [0.25, 0.3) is 6.08 Å². The van der Waals surface area contributed by atoms with Crippen LogP contribution >= 0.6 is 11.6 Å². The number of allylic oxidation sites excluding steroid dienone is 2. The molecule has 1 aromatic rings. The van der Waals surface area contributed by atoms with Gasteiger partial charge in [-0.1, -0.05) is 54.6 Å². The number of benzene rings is 1. The zero-order valence-corrected chi connectivity index (χ0v) is 6.88. The Bertz CT molecular complexity index is 259. The van der Waals surface area contributed by atoms with Crippen LogP contribution < -0.4 is 0 Å². The standard InChI is InChI=1S/C10H9Cl/c1-2-10(11)8-9-6-4-3-5-7-9/h2-8H,1H2/b10-8-. The molecule has 0 fully saturated rings. The van der Waals surface area contributed by atoms with E-state index >= 15 is 0 Å². The summed E-state index contributed by atoms with van der Waals surface area (Å²) in [6, 6.07) is 9.90. The number of hydrogen-bond acceptors (Lipinski definition) is 0. The Hall–Kier alpha value is -1.01. The molecule has 56 valence electrons. The summed E-state index contributed by atoms with van der Waals surface area (Å²) in [6.45, 7) is 3.56. The molecular formula is C10H9Cl. The van der Waals surface area contributed by atoms with Crippen molar-refractivity contribution in [1.29, 1.82) is 0 Å². The maximum Gasteiger partial charge on any atom is 0.0406 e. The minimum absolute atomic E-state index is 0.663. The monoisotopic (exact) mass is 164 g/mol. The van der Waals surface area contributed by atoms with E-state index in [2.05, 4.69) is 6.58 Å². The van der Waals surface area contributed by atoms with Crippen LogP contribution in [0.5, 0.6) is 0 Å². The zero-order valence-electron chi connectivity index (χ0n) is 6.13. The van der Waals surface area contributed by atoms with Crippen LogP contribution in [-0.4, -0.2) is 0 Å². The molecular weight excluding hydrogens is 156 g/mol. The summed E-state index contributed by atoms with van der Waals surface area (Å²) >= 11 is 5.74. The normalized spacial score (nSPS) is 11.2. The highest BCUT2D eigenvalue weighted by Crippen LogP contribution is 2.09. The van der Waals surface area contributed by atoms with Gasteiger partial charge in [0, 0.05) is 5.03 Å². The van der Waals surface area contributed by atoms with Crippen LogP contribution in [0.2, 0.25) is 0 Å². The van der Waals surface area contributed by atoms with Crippen molar-refractivity contribution in [1.82, 2.24) is 0 Å². The van der Waals surface area contributed by atoms with Gasteiger partial charge >= 0.3 is 0 Å². The number of hydrogen-bond donors (Lipinski definition) is 0. The molecule has 0 bridgehead atoms. The first kappa shape index (κ1) is 8.09. The Morgan fingerprint density at radius 1 is 1.27 bits per heavy atom. The first-order valence-electron chi connectivity index (χ1n) is 3.37. The van der Waals surface area contributed by atoms with E-state index in [0.717, 1.165) is 5.56 Å². The van der Waals surface area contributed by atoms with E-state index in [1.165, 1.54) is 0 Å². The highest BCUT2D eigenvalue weighted by Gasteiger charge is 1.85. The first-order valence-corrected chi connectivity index (χ1v) is 3.75. The molecule has 0 heterocycles. The van der Waals surface area contributed by atoms with Crippen LogP contribution in [-0.2, 0) is 0 Å². The molecule has 0 spiro atoms. The summed E-state index contributed by atoms with van der Waals surface area (Å²) in [7, 11) is 0. The van der Waals surface area contributed by atoms with E-state index in [0.29, 0.717) is 5.03 Å². The van der Waals surface area contributed by atoms with Gasteiger partial charge in [0.2, 0.25) is 0 Å². The van der Waals surface area contributed by atoms with E-state index in [1.807, 2.05) is 36.4 Å². The smallest absolute Gasteiger partial charge is 0.0406 e.